The number of hydrogen-bond donors (Lipinski definition) is 0. The van der Waals surface area contributed by atoms with Crippen LogP contribution in [0.3, 0.4) is 0 Å². The van der Waals surface area contributed by atoms with E-state index < -0.39 is 5.69 Å². The van der Waals surface area contributed by atoms with Crippen LogP contribution in [0.2, 0.25) is 0 Å². The summed E-state index contributed by atoms with van der Waals surface area (Å²) in [6.45, 7) is 4.58. The van der Waals surface area contributed by atoms with E-state index in [-0.39, 0.29) is 19.5 Å². The first-order valence-corrected chi connectivity index (χ1v) is 23.8. The molecule has 1 aromatic rings. The van der Waals surface area contributed by atoms with E-state index in [0.29, 0.717) is 0 Å². The van der Waals surface area contributed by atoms with Gasteiger partial charge in [-0.3, -0.25) is 0 Å². The Morgan fingerprint density at radius 1 is 0.435 bits per heavy atom. The summed E-state index contributed by atoms with van der Waals surface area (Å²) >= 11 is 5.60. The Morgan fingerprint density at radius 3 is 0.913 bits per heavy atom. The van der Waals surface area contributed by atoms with E-state index in [1.807, 2.05) is 0 Å². The molecule has 0 atom stereocenters. The van der Waals surface area contributed by atoms with Crippen LogP contribution in [0.5, 0.6) is 0 Å². The summed E-state index contributed by atoms with van der Waals surface area (Å²) in [5.41, 5.74) is -1.23. The van der Waals surface area contributed by atoms with Crippen molar-refractivity contribution in [1.82, 2.24) is 0 Å². The first-order valence-electron chi connectivity index (χ1n) is 19.8. The van der Waals surface area contributed by atoms with Crippen molar-refractivity contribution in [2.75, 3.05) is 0 Å². The van der Waals surface area contributed by atoms with E-state index >= 15 is 0 Å². The summed E-state index contributed by atoms with van der Waals surface area (Å²) in [5.74, 6) is 0. The van der Waals surface area contributed by atoms with Crippen LogP contribution >= 0.6 is 17.1 Å². The molecular weight excluding hydrogens is 673 g/mol. The molecule has 0 heterocycles. The third-order valence-electron chi connectivity index (χ3n) is 9.38. The molecule has 0 unspecified atom stereocenters. The van der Waals surface area contributed by atoms with Crippen LogP contribution in [0.1, 0.15) is 218 Å². The fraction of sp³-hybridized carbons (Fsp3) is 0.850. The zero-order valence-corrected chi connectivity index (χ0v) is 36.1. The van der Waals surface area contributed by atoms with Gasteiger partial charge < -0.3 is 9.79 Å². The van der Waals surface area contributed by atoms with Gasteiger partial charge in [0, 0.05) is 4.90 Å². The largest absolute Gasteiger partial charge is 2.00 e. The molecule has 0 aliphatic rings. The second kappa shape index (κ2) is 34.2. The van der Waals surface area contributed by atoms with Crippen LogP contribution in [0.25, 0.3) is 0 Å². The molecule has 46 heavy (non-hydrogen) atoms. The number of benzene rings is 1. The van der Waals surface area contributed by atoms with Gasteiger partial charge >= 0.3 is 19.5 Å². The Bertz CT molecular complexity index is 779. The van der Waals surface area contributed by atoms with Gasteiger partial charge in [0.15, 0.2) is 0 Å². The SMILES string of the molecule is CCCCCCCCCCCCCCCCCc1cc(CCCCCCCCCCCCCCCCC)cc(SP([O-])([O-])=S)c1.[Zn+2]. The van der Waals surface area contributed by atoms with E-state index in [1.165, 1.54) is 204 Å². The molecule has 0 saturated heterocycles. The van der Waals surface area contributed by atoms with Gasteiger partial charge in [0.2, 0.25) is 0 Å². The van der Waals surface area contributed by atoms with Gasteiger partial charge in [-0.15, -0.1) is 23.2 Å². The Kier molecular flexibility index (Phi) is 34.8. The standard InChI is InChI=1S/C40H75O2PS2.Zn/c1-3-5-7-9-11-13-15-17-19-21-23-25-27-29-31-33-38-35-39(37-40(36-38)45-43(41,42)44)34-32-30-28-26-24-22-20-18-16-14-12-10-8-6-4-2;/h35-37H,3-34H2,1-2H3,(H2,41,42,44);/q;+2/p-2. The third kappa shape index (κ3) is 32.0. The van der Waals surface area contributed by atoms with Gasteiger partial charge in [0.05, 0.1) is 0 Å². The molecule has 2 nitrogen and oxygen atoms in total. The zero-order chi connectivity index (χ0) is 32.7. The fourth-order valence-corrected chi connectivity index (χ4v) is 9.13. The summed E-state index contributed by atoms with van der Waals surface area (Å²) in [6, 6.07) is 6.47. The Morgan fingerprint density at radius 2 is 0.674 bits per heavy atom. The van der Waals surface area contributed by atoms with Crippen LogP contribution in [0.4, 0.5) is 0 Å². The molecule has 6 heteroatoms. The Balaban J connectivity index is 0.0000202. The monoisotopic (exact) mass is 744 g/mol. The molecule has 0 saturated carbocycles. The average molecular weight is 747 g/mol. The maximum atomic E-state index is 11.8. The molecule has 0 aliphatic heterocycles. The van der Waals surface area contributed by atoms with E-state index in [2.05, 4.69) is 32.0 Å². The van der Waals surface area contributed by atoms with Crippen molar-refractivity contribution in [3.63, 3.8) is 0 Å². The van der Waals surface area contributed by atoms with Crippen LogP contribution in [0.15, 0.2) is 23.1 Å². The van der Waals surface area contributed by atoms with Crippen molar-refractivity contribution in [2.45, 2.75) is 224 Å². The average Bonchev–Trinajstić information content (AvgIpc) is 3.00. The molecule has 0 radical (unpaired) electrons. The van der Waals surface area contributed by atoms with Crippen molar-refractivity contribution in [3.05, 3.63) is 29.3 Å². The van der Waals surface area contributed by atoms with Gasteiger partial charge in [-0.1, -0.05) is 200 Å². The predicted molar refractivity (Wildman–Crippen MR) is 204 cm³/mol. The van der Waals surface area contributed by atoms with E-state index in [9.17, 15) is 9.79 Å². The van der Waals surface area contributed by atoms with Crippen LogP contribution in [-0.4, -0.2) is 0 Å². The molecule has 1 rings (SSSR count). The summed E-state index contributed by atoms with van der Waals surface area (Å²) in [5, 5.41) is 0. The zero-order valence-electron chi connectivity index (χ0n) is 30.6. The van der Waals surface area contributed by atoms with Crippen molar-refractivity contribution < 1.29 is 29.3 Å². The van der Waals surface area contributed by atoms with Crippen molar-refractivity contribution in [1.29, 1.82) is 0 Å². The van der Waals surface area contributed by atoms with E-state index in [1.54, 1.807) is 0 Å². The smallest absolute Gasteiger partial charge is 0.824 e. The van der Waals surface area contributed by atoms with Gasteiger partial charge in [-0.05, 0) is 48.9 Å². The second-order valence-corrected chi connectivity index (χ2v) is 19.6. The molecule has 0 N–H and O–H groups in total. The number of hydrogen-bond acceptors (Lipinski definition) is 4. The third-order valence-corrected chi connectivity index (χ3v) is 12.0. The summed E-state index contributed by atoms with van der Waals surface area (Å²) < 4.78 is 0. The topological polar surface area (TPSA) is 46.1 Å². The van der Waals surface area contributed by atoms with Gasteiger partial charge in [-0.2, -0.15) is 5.69 Å². The van der Waals surface area contributed by atoms with Crippen molar-refractivity contribution in [3.8, 4) is 0 Å². The van der Waals surface area contributed by atoms with Crippen molar-refractivity contribution >= 4 is 28.9 Å². The molecule has 0 spiro atoms. The number of rotatable bonds is 34. The first kappa shape index (κ1) is 46.8. The van der Waals surface area contributed by atoms with Crippen LogP contribution in [0, 0.1) is 0 Å². The van der Waals surface area contributed by atoms with Gasteiger partial charge in [0.1, 0.15) is 0 Å². The van der Waals surface area contributed by atoms with Gasteiger partial charge in [0.25, 0.3) is 0 Å². The number of aryl methyl sites for hydroxylation is 2. The van der Waals surface area contributed by atoms with E-state index in [0.717, 1.165) is 29.1 Å². The maximum Gasteiger partial charge on any atom is 2.00 e. The quantitative estimate of drug-likeness (QED) is 0.0400. The molecule has 0 fully saturated rings. The number of unbranched alkanes of at least 4 members (excludes halogenated alkanes) is 28. The van der Waals surface area contributed by atoms with Crippen LogP contribution < -0.4 is 9.79 Å². The molecule has 1 aromatic carbocycles. The second-order valence-electron chi connectivity index (χ2n) is 13.9. The Labute approximate surface area is 309 Å². The van der Waals surface area contributed by atoms with Gasteiger partial charge in [-0.25, -0.2) is 0 Å². The molecule has 0 bridgehead atoms. The van der Waals surface area contributed by atoms with Crippen LogP contribution in [-0.2, 0) is 44.1 Å². The minimum atomic E-state index is -3.80. The maximum absolute atomic E-state index is 11.8. The first-order chi connectivity index (χ1) is 21.9. The minimum Gasteiger partial charge on any atom is -0.824 e. The molecule has 0 aromatic heterocycles. The summed E-state index contributed by atoms with van der Waals surface area (Å²) in [6.07, 6.45) is 43.4. The predicted octanol–water partition coefficient (Wildman–Crippen LogP) is 13.5. The normalized spacial score (nSPS) is 11.7. The Hall–Kier alpha value is 0.763. The van der Waals surface area contributed by atoms with E-state index in [4.69, 9.17) is 11.8 Å². The molecular formula is C40H73O2PS2Zn. The molecule has 264 valence electrons. The fourth-order valence-electron chi connectivity index (χ4n) is 6.60. The molecule has 0 aliphatic carbocycles. The minimum absolute atomic E-state index is 0. The molecule has 0 amide bonds. The summed E-state index contributed by atoms with van der Waals surface area (Å²) in [7, 11) is 0. The summed E-state index contributed by atoms with van der Waals surface area (Å²) in [4.78, 5) is 24.5. The van der Waals surface area contributed by atoms with Crippen molar-refractivity contribution in [2.24, 2.45) is 0 Å².